The highest BCUT2D eigenvalue weighted by Crippen LogP contribution is 2.27. The first-order valence-electron chi connectivity index (χ1n) is 6.22. The Balaban J connectivity index is 2.18. The van der Waals surface area contributed by atoms with Gasteiger partial charge in [-0.3, -0.25) is 4.79 Å². The zero-order valence-electron chi connectivity index (χ0n) is 11.2. The van der Waals surface area contributed by atoms with Gasteiger partial charge in [-0.1, -0.05) is 18.6 Å². The molecule has 4 nitrogen and oxygen atoms in total. The summed E-state index contributed by atoms with van der Waals surface area (Å²) in [5.74, 6) is 0.627. The van der Waals surface area contributed by atoms with E-state index in [0.29, 0.717) is 24.4 Å². The van der Waals surface area contributed by atoms with Crippen LogP contribution in [0.5, 0.6) is 5.75 Å². The molecule has 18 heavy (non-hydrogen) atoms. The van der Waals surface area contributed by atoms with E-state index in [-0.39, 0.29) is 11.4 Å². The summed E-state index contributed by atoms with van der Waals surface area (Å²) in [7, 11) is 1.58. The van der Waals surface area contributed by atoms with Crippen molar-refractivity contribution in [2.24, 2.45) is 5.73 Å². The average Bonchev–Trinajstić information content (AvgIpc) is 2.34. The number of rotatable bonds is 3. The smallest absolute Gasteiger partial charge is 0.257 e. The van der Waals surface area contributed by atoms with Crippen molar-refractivity contribution in [3.63, 3.8) is 0 Å². The lowest BCUT2D eigenvalue weighted by Gasteiger charge is -2.47. The number of carbonyl (C=O) groups is 1. The summed E-state index contributed by atoms with van der Waals surface area (Å²) in [6.45, 7) is 5.26. The van der Waals surface area contributed by atoms with E-state index in [2.05, 4.69) is 6.92 Å². The Morgan fingerprint density at radius 3 is 2.72 bits per heavy atom. The van der Waals surface area contributed by atoms with Gasteiger partial charge in [-0.05, 0) is 25.5 Å². The van der Waals surface area contributed by atoms with E-state index >= 15 is 0 Å². The molecule has 0 atom stereocenters. The van der Waals surface area contributed by atoms with Crippen LogP contribution >= 0.6 is 0 Å². The van der Waals surface area contributed by atoms with Crippen LogP contribution in [0.4, 0.5) is 0 Å². The minimum Gasteiger partial charge on any atom is -0.496 e. The number of methoxy groups -OCH3 is 1. The maximum absolute atomic E-state index is 12.4. The Hall–Kier alpha value is -1.55. The zero-order chi connectivity index (χ0) is 13.3. The molecule has 0 aromatic heterocycles. The number of ether oxygens (including phenoxy) is 1. The summed E-state index contributed by atoms with van der Waals surface area (Å²) in [6, 6.07) is 5.63. The van der Waals surface area contributed by atoms with Crippen molar-refractivity contribution in [3.05, 3.63) is 29.3 Å². The third-order valence-electron chi connectivity index (χ3n) is 3.59. The molecule has 1 aliphatic rings. The van der Waals surface area contributed by atoms with Gasteiger partial charge in [0.05, 0.1) is 18.2 Å². The quantitative estimate of drug-likeness (QED) is 0.883. The lowest BCUT2D eigenvalue weighted by Crippen LogP contribution is -2.68. The van der Waals surface area contributed by atoms with Gasteiger partial charge in [0.15, 0.2) is 0 Å². The second-order valence-corrected chi connectivity index (χ2v) is 5.08. The molecule has 1 fully saturated rings. The SMILES string of the molecule is CCC1(N)CN(C(=O)c2cc(C)ccc2OC)C1. The second kappa shape index (κ2) is 4.61. The Kier molecular flexibility index (Phi) is 3.30. The molecule has 1 aromatic rings. The normalized spacial score (nSPS) is 17.2. The Bertz CT molecular complexity index is 465. The van der Waals surface area contributed by atoms with Crippen LogP contribution in [0.2, 0.25) is 0 Å². The molecule has 0 saturated carbocycles. The molecule has 0 unspecified atom stereocenters. The summed E-state index contributed by atoms with van der Waals surface area (Å²) in [5.41, 5.74) is 7.55. The van der Waals surface area contributed by atoms with Crippen molar-refractivity contribution < 1.29 is 9.53 Å². The molecule has 1 aromatic carbocycles. The molecule has 0 radical (unpaired) electrons. The van der Waals surface area contributed by atoms with E-state index in [1.54, 1.807) is 12.0 Å². The summed E-state index contributed by atoms with van der Waals surface area (Å²) in [4.78, 5) is 14.1. The fraction of sp³-hybridized carbons (Fsp3) is 0.500. The van der Waals surface area contributed by atoms with Gasteiger partial charge < -0.3 is 15.4 Å². The van der Waals surface area contributed by atoms with E-state index in [1.807, 2.05) is 25.1 Å². The molecule has 1 aliphatic heterocycles. The lowest BCUT2D eigenvalue weighted by molar-refractivity contribution is 0.0398. The van der Waals surface area contributed by atoms with E-state index in [9.17, 15) is 4.79 Å². The van der Waals surface area contributed by atoms with Crippen molar-refractivity contribution in [1.82, 2.24) is 4.90 Å². The maximum Gasteiger partial charge on any atom is 0.257 e. The maximum atomic E-state index is 12.4. The van der Waals surface area contributed by atoms with Gasteiger partial charge >= 0.3 is 0 Å². The fourth-order valence-corrected chi connectivity index (χ4v) is 2.24. The number of carbonyl (C=O) groups excluding carboxylic acids is 1. The molecular formula is C14H20N2O2. The average molecular weight is 248 g/mol. The number of benzene rings is 1. The fourth-order valence-electron chi connectivity index (χ4n) is 2.24. The Labute approximate surface area is 108 Å². The van der Waals surface area contributed by atoms with Crippen LogP contribution in [0.25, 0.3) is 0 Å². The number of nitrogens with zero attached hydrogens (tertiary/aromatic N) is 1. The van der Waals surface area contributed by atoms with Gasteiger partial charge in [0, 0.05) is 13.1 Å². The number of aryl methyl sites for hydroxylation is 1. The first-order valence-corrected chi connectivity index (χ1v) is 6.22. The van der Waals surface area contributed by atoms with Crippen molar-refractivity contribution in [3.8, 4) is 5.75 Å². The minimum atomic E-state index is -0.202. The number of hydrogen-bond donors (Lipinski definition) is 1. The first-order chi connectivity index (χ1) is 8.49. The summed E-state index contributed by atoms with van der Waals surface area (Å²) < 4.78 is 5.24. The van der Waals surface area contributed by atoms with E-state index < -0.39 is 0 Å². The predicted octanol–water partition coefficient (Wildman–Crippen LogP) is 1.57. The number of likely N-dealkylation sites (tertiary alicyclic amines) is 1. The molecule has 2 rings (SSSR count). The van der Waals surface area contributed by atoms with E-state index in [4.69, 9.17) is 10.5 Å². The van der Waals surface area contributed by atoms with Crippen molar-refractivity contribution >= 4 is 5.91 Å². The molecule has 2 N–H and O–H groups in total. The highest BCUT2D eigenvalue weighted by atomic mass is 16.5. The topological polar surface area (TPSA) is 55.6 Å². The van der Waals surface area contributed by atoms with Crippen LogP contribution in [-0.4, -0.2) is 36.5 Å². The lowest BCUT2D eigenvalue weighted by atomic mass is 9.87. The molecule has 1 heterocycles. The summed E-state index contributed by atoms with van der Waals surface area (Å²) in [5, 5.41) is 0. The molecule has 98 valence electrons. The summed E-state index contributed by atoms with van der Waals surface area (Å²) >= 11 is 0. The van der Waals surface area contributed by atoms with Gasteiger partial charge in [0.1, 0.15) is 5.75 Å². The molecule has 1 amide bonds. The Morgan fingerprint density at radius 2 is 2.17 bits per heavy atom. The predicted molar refractivity (Wildman–Crippen MR) is 70.8 cm³/mol. The monoisotopic (exact) mass is 248 g/mol. The molecule has 1 saturated heterocycles. The third-order valence-corrected chi connectivity index (χ3v) is 3.59. The standard InChI is InChI=1S/C14H20N2O2/c1-4-14(15)8-16(9-14)13(17)11-7-10(2)5-6-12(11)18-3/h5-7H,4,8-9,15H2,1-3H3. The van der Waals surface area contributed by atoms with E-state index in [0.717, 1.165) is 12.0 Å². The van der Waals surface area contributed by atoms with Crippen LogP contribution in [0.3, 0.4) is 0 Å². The third kappa shape index (κ3) is 2.20. The number of hydrogen-bond acceptors (Lipinski definition) is 3. The van der Waals surface area contributed by atoms with Crippen molar-refractivity contribution in [2.45, 2.75) is 25.8 Å². The minimum absolute atomic E-state index is 0.00470. The zero-order valence-corrected chi connectivity index (χ0v) is 11.2. The van der Waals surface area contributed by atoms with Gasteiger partial charge in [0.25, 0.3) is 5.91 Å². The number of amides is 1. The number of nitrogens with two attached hydrogens (primary N) is 1. The van der Waals surface area contributed by atoms with Crippen LogP contribution in [0, 0.1) is 6.92 Å². The highest BCUT2D eigenvalue weighted by Gasteiger charge is 2.41. The van der Waals surface area contributed by atoms with Gasteiger partial charge in [-0.2, -0.15) is 0 Å². The first kappa shape index (κ1) is 12.9. The molecule has 0 spiro atoms. The van der Waals surface area contributed by atoms with Gasteiger partial charge in [-0.15, -0.1) is 0 Å². The van der Waals surface area contributed by atoms with Crippen molar-refractivity contribution in [2.75, 3.05) is 20.2 Å². The van der Waals surface area contributed by atoms with Crippen LogP contribution in [0.15, 0.2) is 18.2 Å². The highest BCUT2D eigenvalue weighted by molar-refractivity contribution is 5.97. The van der Waals surface area contributed by atoms with Crippen molar-refractivity contribution in [1.29, 1.82) is 0 Å². The Morgan fingerprint density at radius 1 is 1.50 bits per heavy atom. The van der Waals surface area contributed by atoms with Crippen LogP contribution in [-0.2, 0) is 0 Å². The van der Waals surface area contributed by atoms with E-state index in [1.165, 1.54) is 0 Å². The molecule has 0 aliphatic carbocycles. The van der Waals surface area contributed by atoms with Crippen LogP contribution < -0.4 is 10.5 Å². The molecule has 4 heteroatoms. The summed E-state index contributed by atoms with van der Waals surface area (Å²) in [6.07, 6.45) is 0.891. The van der Waals surface area contributed by atoms with Gasteiger partial charge in [-0.25, -0.2) is 0 Å². The second-order valence-electron chi connectivity index (χ2n) is 5.08. The molecular weight excluding hydrogens is 228 g/mol. The molecule has 0 bridgehead atoms. The van der Waals surface area contributed by atoms with Crippen LogP contribution in [0.1, 0.15) is 29.3 Å². The largest absolute Gasteiger partial charge is 0.496 e. The van der Waals surface area contributed by atoms with Gasteiger partial charge in [0.2, 0.25) is 0 Å².